The molecule has 2 heterocycles. The molecule has 1 aromatic rings. The van der Waals surface area contributed by atoms with Gasteiger partial charge < -0.3 is 9.84 Å². The smallest absolute Gasteiger partial charge is 0.0841 e. The van der Waals surface area contributed by atoms with Crippen LogP contribution in [-0.2, 0) is 11.2 Å². The zero-order valence-corrected chi connectivity index (χ0v) is 14.4. The summed E-state index contributed by atoms with van der Waals surface area (Å²) < 4.78 is 5.11. The van der Waals surface area contributed by atoms with Crippen molar-refractivity contribution in [3.63, 3.8) is 0 Å². The topological polar surface area (TPSA) is 55.2 Å². The van der Waals surface area contributed by atoms with E-state index in [2.05, 4.69) is 16.9 Å². The number of aromatic nitrogens is 2. The zero-order valence-electron chi connectivity index (χ0n) is 14.4. The lowest BCUT2D eigenvalue weighted by Crippen LogP contribution is -2.35. The number of hydrogen-bond donors (Lipinski definition) is 1. The van der Waals surface area contributed by atoms with Crippen LogP contribution in [-0.4, -0.2) is 33.9 Å². The summed E-state index contributed by atoms with van der Waals surface area (Å²) in [4.78, 5) is 8.80. The van der Waals surface area contributed by atoms with E-state index in [1.807, 2.05) is 39.1 Å². The summed E-state index contributed by atoms with van der Waals surface area (Å²) in [6, 6.07) is 0. The number of ether oxygens (including phenoxy) is 1. The van der Waals surface area contributed by atoms with Crippen molar-refractivity contribution >= 4 is 6.08 Å². The minimum atomic E-state index is -0.405. The maximum Gasteiger partial charge on any atom is 0.0841 e. The molecule has 4 nitrogen and oxygen atoms in total. The van der Waals surface area contributed by atoms with Crippen molar-refractivity contribution in [3.05, 3.63) is 29.4 Å². The lowest BCUT2D eigenvalue weighted by Gasteiger charge is -2.30. The molecule has 1 fully saturated rings. The monoisotopic (exact) mass is 306 g/mol. The summed E-state index contributed by atoms with van der Waals surface area (Å²) in [6.07, 6.45) is 10.4. The van der Waals surface area contributed by atoms with Crippen LogP contribution in [0.5, 0.6) is 0 Å². The lowest BCUT2D eigenvalue weighted by molar-refractivity contribution is -0.0650. The first kappa shape index (κ1) is 18.8. The van der Waals surface area contributed by atoms with Crippen LogP contribution in [0.4, 0.5) is 0 Å². The average molecular weight is 306 g/mol. The van der Waals surface area contributed by atoms with Crippen LogP contribution in [0.1, 0.15) is 63.5 Å². The molecule has 0 unspecified atom stereocenters. The Kier molecular flexibility index (Phi) is 8.28. The van der Waals surface area contributed by atoms with E-state index in [1.54, 1.807) is 0 Å². The van der Waals surface area contributed by atoms with Gasteiger partial charge in [0.1, 0.15) is 0 Å². The van der Waals surface area contributed by atoms with E-state index < -0.39 is 5.60 Å². The quantitative estimate of drug-likeness (QED) is 0.921. The Balaban J connectivity index is 0.000000235. The molecule has 1 aliphatic heterocycles. The number of allylic oxidation sites excluding steroid dienone is 1. The van der Waals surface area contributed by atoms with Crippen LogP contribution < -0.4 is 0 Å². The Labute approximate surface area is 134 Å². The maximum absolute atomic E-state index is 9.60. The largest absolute Gasteiger partial charge is 0.390 e. The molecule has 4 heteroatoms. The van der Waals surface area contributed by atoms with E-state index in [0.717, 1.165) is 62.4 Å². The van der Waals surface area contributed by atoms with Crippen molar-refractivity contribution in [2.45, 2.75) is 65.4 Å². The van der Waals surface area contributed by atoms with Crippen molar-refractivity contribution in [1.29, 1.82) is 0 Å². The first-order valence-corrected chi connectivity index (χ1v) is 8.30. The summed E-state index contributed by atoms with van der Waals surface area (Å²) in [7, 11) is 0. The highest BCUT2D eigenvalue weighted by molar-refractivity contribution is 5.46. The van der Waals surface area contributed by atoms with Gasteiger partial charge in [-0.2, -0.15) is 0 Å². The fourth-order valence-corrected chi connectivity index (χ4v) is 2.36. The highest BCUT2D eigenvalue weighted by Crippen LogP contribution is 2.22. The third kappa shape index (κ3) is 6.24. The van der Waals surface area contributed by atoms with Gasteiger partial charge in [0, 0.05) is 19.4 Å². The van der Waals surface area contributed by atoms with Crippen LogP contribution in [0.2, 0.25) is 0 Å². The second-order valence-corrected chi connectivity index (χ2v) is 5.78. The van der Waals surface area contributed by atoms with Crippen LogP contribution in [0.3, 0.4) is 0 Å². The zero-order chi connectivity index (χ0) is 16.4. The number of rotatable bonds is 4. The van der Waals surface area contributed by atoms with E-state index in [-0.39, 0.29) is 0 Å². The van der Waals surface area contributed by atoms with Crippen LogP contribution >= 0.6 is 0 Å². The molecule has 0 amide bonds. The van der Waals surface area contributed by atoms with Gasteiger partial charge in [0.25, 0.3) is 0 Å². The highest BCUT2D eigenvalue weighted by Gasteiger charge is 2.26. The molecule has 1 saturated heterocycles. The van der Waals surface area contributed by atoms with Gasteiger partial charge in [-0.15, -0.1) is 0 Å². The SMILES string of the molecule is C/C=C\c1ncc(C)nc1CCC.CCC1(O)CCOCC1. The standard InChI is InChI=1S/C11H16N2.C7H14O2/c1-4-6-10-11(7-5-2)13-9(3)8-12-10;1-2-7(8)3-5-9-6-4-7/h4,6,8H,5,7H2,1-3H3;8H,2-6H2,1H3/b6-4-;. The van der Waals surface area contributed by atoms with Crippen molar-refractivity contribution in [2.75, 3.05) is 13.2 Å². The average Bonchev–Trinajstić information content (AvgIpc) is 2.52. The fraction of sp³-hybridized carbons (Fsp3) is 0.667. The van der Waals surface area contributed by atoms with Gasteiger partial charge in [-0.1, -0.05) is 26.3 Å². The van der Waals surface area contributed by atoms with Crippen molar-refractivity contribution in [1.82, 2.24) is 9.97 Å². The minimum Gasteiger partial charge on any atom is -0.390 e. The fourth-order valence-electron chi connectivity index (χ4n) is 2.36. The molecule has 1 aromatic heterocycles. The van der Waals surface area contributed by atoms with Gasteiger partial charge >= 0.3 is 0 Å². The molecule has 0 saturated carbocycles. The number of hydrogen-bond acceptors (Lipinski definition) is 4. The van der Waals surface area contributed by atoms with Crippen molar-refractivity contribution < 1.29 is 9.84 Å². The highest BCUT2D eigenvalue weighted by atomic mass is 16.5. The van der Waals surface area contributed by atoms with Gasteiger partial charge in [0.2, 0.25) is 0 Å². The lowest BCUT2D eigenvalue weighted by atomic mass is 9.92. The Hall–Kier alpha value is -1.26. The van der Waals surface area contributed by atoms with E-state index in [4.69, 9.17) is 4.74 Å². The predicted molar refractivity (Wildman–Crippen MR) is 90.8 cm³/mol. The predicted octanol–water partition coefficient (Wildman–Crippen LogP) is 3.71. The second-order valence-electron chi connectivity index (χ2n) is 5.78. The van der Waals surface area contributed by atoms with E-state index in [0.29, 0.717) is 0 Å². The van der Waals surface area contributed by atoms with E-state index in [9.17, 15) is 5.11 Å². The molecular weight excluding hydrogens is 276 g/mol. The summed E-state index contributed by atoms with van der Waals surface area (Å²) >= 11 is 0. The third-order valence-corrected chi connectivity index (χ3v) is 3.89. The molecule has 1 N–H and O–H groups in total. The van der Waals surface area contributed by atoms with E-state index >= 15 is 0 Å². The second kappa shape index (κ2) is 9.70. The molecule has 0 atom stereocenters. The third-order valence-electron chi connectivity index (χ3n) is 3.89. The first-order valence-electron chi connectivity index (χ1n) is 8.30. The summed E-state index contributed by atoms with van der Waals surface area (Å²) in [5.41, 5.74) is 2.71. The summed E-state index contributed by atoms with van der Waals surface area (Å²) in [5, 5.41) is 9.60. The Morgan fingerprint density at radius 3 is 2.50 bits per heavy atom. The molecule has 0 bridgehead atoms. The first-order chi connectivity index (χ1) is 10.5. The molecule has 124 valence electrons. The molecule has 0 aliphatic carbocycles. The number of nitrogens with zero attached hydrogens (tertiary/aromatic N) is 2. The molecule has 22 heavy (non-hydrogen) atoms. The van der Waals surface area contributed by atoms with Crippen molar-refractivity contribution in [2.24, 2.45) is 0 Å². The Morgan fingerprint density at radius 1 is 1.32 bits per heavy atom. The molecule has 0 spiro atoms. The van der Waals surface area contributed by atoms with Crippen molar-refractivity contribution in [3.8, 4) is 0 Å². The van der Waals surface area contributed by atoms with Gasteiger partial charge in [0.15, 0.2) is 0 Å². The molecule has 0 aromatic carbocycles. The Bertz CT molecular complexity index is 466. The van der Waals surface area contributed by atoms with E-state index in [1.165, 1.54) is 0 Å². The summed E-state index contributed by atoms with van der Waals surface area (Å²) in [6.45, 7) is 9.60. The van der Waals surface area contributed by atoms with Crippen LogP contribution in [0.25, 0.3) is 6.08 Å². The summed E-state index contributed by atoms with van der Waals surface area (Å²) in [5.74, 6) is 0. The molecule has 0 radical (unpaired) electrons. The maximum atomic E-state index is 9.60. The van der Waals surface area contributed by atoms with Gasteiger partial charge in [-0.05, 0) is 45.6 Å². The number of aryl methyl sites for hydroxylation is 2. The van der Waals surface area contributed by atoms with Gasteiger partial charge in [-0.3, -0.25) is 9.97 Å². The molecular formula is C18H30N2O2. The number of aliphatic hydroxyl groups is 1. The van der Waals surface area contributed by atoms with Gasteiger partial charge in [-0.25, -0.2) is 0 Å². The minimum absolute atomic E-state index is 0.405. The Morgan fingerprint density at radius 2 is 2.00 bits per heavy atom. The van der Waals surface area contributed by atoms with Crippen LogP contribution in [0, 0.1) is 6.92 Å². The molecule has 2 rings (SSSR count). The normalized spacial score (nSPS) is 17.1. The molecule has 1 aliphatic rings. The van der Waals surface area contributed by atoms with Gasteiger partial charge in [0.05, 0.1) is 22.7 Å². The van der Waals surface area contributed by atoms with Crippen LogP contribution in [0.15, 0.2) is 12.3 Å².